The van der Waals surface area contributed by atoms with E-state index in [1.807, 2.05) is 4.90 Å². The Morgan fingerprint density at radius 2 is 1.83 bits per heavy atom. The van der Waals surface area contributed by atoms with Gasteiger partial charge in [-0.25, -0.2) is 4.39 Å². The van der Waals surface area contributed by atoms with Gasteiger partial charge in [-0.3, -0.25) is 14.5 Å². The fourth-order valence-corrected chi connectivity index (χ4v) is 6.77. The van der Waals surface area contributed by atoms with Crippen molar-refractivity contribution in [3.05, 3.63) is 58.9 Å². The Hall–Kier alpha value is -2.34. The van der Waals surface area contributed by atoms with Crippen molar-refractivity contribution in [1.82, 2.24) is 0 Å². The summed E-state index contributed by atoms with van der Waals surface area (Å²) in [6.45, 7) is 8.53. The lowest BCUT2D eigenvalue weighted by molar-refractivity contribution is -0.124. The molecule has 0 aliphatic carbocycles. The number of halogens is 1. The fourth-order valence-electron chi connectivity index (χ4n) is 5.45. The summed E-state index contributed by atoms with van der Waals surface area (Å²) in [5.41, 5.74) is 4.44. The van der Waals surface area contributed by atoms with Gasteiger partial charge in [0.1, 0.15) is 5.82 Å². The van der Waals surface area contributed by atoms with Gasteiger partial charge in [-0.2, -0.15) is 0 Å². The Balaban J connectivity index is 1.81. The highest BCUT2D eigenvalue weighted by molar-refractivity contribution is 8.02. The Bertz CT molecular complexity index is 1080. The highest BCUT2D eigenvalue weighted by Crippen LogP contribution is 2.61. The number of carbonyl (C=O) groups excluding carboxylic acids is 2. The van der Waals surface area contributed by atoms with Crippen LogP contribution in [0, 0.1) is 5.82 Å². The summed E-state index contributed by atoms with van der Waals surface area (Å²) < 4.78 is 13.6. The van der Waals surface area contributed by atoms with E-state index in [4.69, 9.17) is 0 Å². The number of carbonyl (C=O) groups is 2. The lowest BCUT2D eigenvalue weighted by Crippen LogP contribution is -2.56. The van der Waals surface area contributed by atoms with E-state index in [1.54, 1.807) is 17.0 Å². The zero-order valence-electron chi connectivity index (χ0n) is 17.7. The van der Waals surface area contributed by atoms with E-state index < -0.39 is 4.87 Å². The highest BCUT2D eigenvalue weighted by Gasteiger charge is 2.64. The number of fused-ring (bicyclic) bond motifs is 1. The van der Waals surface area contributed by atoms with Gasteiger partial charge in [0.25, 0.3) is 5.91 Å². The summed E-state index contributed by atoms with van der Waals surface area (Å²) in [5, 5.41) is 0. The summed E-state index contributed by atoms with van der Waals surface area (Å²) in [7, 11) is 0. The monoisotopic (exact) mass is 424 g/mol. The van der Waals surface area contributed by atoms with Crippen molar-refractivity contribution in [1.29, 1.82) is 0 Å². The quantitative estimate of drug-likeness (QED) is 0.685. The average molecular weight is 425 g/mol. The van der Waals surface area contributed by atoms with E-state index >= 15 is 0 Å². The third kappa shape index (κ3) is 2.40. The zero-order chi connectivity index (χ0) is 21.4. The van der Waals surface area contributed by atoms with Crippen LogP contribution in [-0.2, 0) is 20.9 Å². The van der Waals surface area contributed by atoms with Crippen LogP contribution in [-0.4, -0.2) is 23.1 Å². The van der Waals surface area contributed by atoms with E-state index in [2.05, 4.69) is 39.8 Å². The van der Waals surface area contributed by atoms with Crippen LogP contribution in [0.25, 0.3) is 0 Å². The molecule has 5 rings (SSSR count). The summed E-state index contributed by atoms with van der Waals surface area (Å²) in [5.74, 6) is -0.0144. The van der Waals surface area contributed by atoms with Gasteiger partial charge in [-0.15, -0.1) is 11.8 Å². The molecular weight excluding hydrogens is 399 g/mol. The first-order valence-corrected chi connectivity index (χ1v) is 11.4. The maximum absolute atomic E-state index is 14.2. The van der Waals surface area contributed by atoms with E-state index in [1.165, 1.54) is 35.0 Å². The van der Waals surface area contributed by atoms with Crippen molar-refractivity contribution in [3.63, 3.8) is 0 Å². The number of rotatable bonds is 2. The van der Waals surface area contributed by atoms with Crippen molar-refractivity contribution in [2.45, 2.75) is 56.9 Å². The molecule has 3 heterocycles. The molecule has 3 aliphatic heterocycles. The van der Waals surface area contributed by atoms with E-state index in [0.717, 1.165) is 24.1 Å². The highest BCUT2D eigenvalue weighted by atomic mass is 32.2. The number of anilines is 2. The lowest BCUT2D eigenvalue weighted by atomic mass is 9.79. The van der Waals surface area contributed by atoms with Gasteiger partial charge in [0.15, 0.2) is 0 Å². The van der Waals surface area contributed by atoms with Crippen LogP contribution < -0.4 is 9.80 Å². The van der Waals surface area contributed by atoms with Gasteiger partial charge in [0, 0.05) is 16.8 Å². The minimum absolute atomic E-state index is 0.0657. The number of benzene rings is 2. The maximum Gasteiger partial charge on any atom is 0.269 e. The van der Waals surface area contributed by atoms with E-state index in [9.17, 15) is 14.0 Å². The predicted octanol–water partition coefficient (Wildman–Crippen LogP) is 4.95. The zero-order valence-corrected chi connectivity index (χ0v) is 18.5. The molecule has 0 unspecified atom stereocenters. The minimum atomic E-state index is -1.13. The molecule has 30 heavy (non-hydrogen) atoms. The van der Waals surface area contributed by atoms with Gasteiger partial charge < -0.3 is 4.90 Å². The number of aryl methyl sites for hydroxylation is 1. The second-order valence-corrected chi connectivity index (χ2v) is 10.3. The van der Waals surface area contributed by atoms with E-state index in [0.29, 0.717) is 11.6 Å². The molecule has 2 aromatic carbocycles. The van der Waals surface area contributed by atoms with Crippen LogP contribution in [0.15, 0.2) is 36.4 Å². The predicted molar refractivity (Wildman–Crippen MR) is 118 cm³/mol. The summed E-state index contributed by atoms with van der Waals surface area (Å²) >= 11 is 1.39. The minimum Gasteiger partial charge on any atom is -0.303 e. The molecular formula is C24H25FN2O2S. The average Bonchev–Trinajstić information content (AvgIpc) is 3.17. The van der Waals surface area contributed by atoms with Gasteiger partial charge in [-0.05, 0) is 74.1 Å². The van der Waals surface area contributed by atoms with Crippen LogP contribution in [0.5, 0.6) is 0 Å². The van der Waals surface area contributed by atoms with Crippen molar-refractivity contribution in [2.75, 3.05) is 15.6 Å². The number of thioether (sulfide) groups is 1. The molecule has 0 radical (unpaired) electrons. The second-order valence-electron chi connectivity index (χ2n) is 9.13. The molecule has 156 valence electrons. The van der Waals surface area contributed by atoms with Gasteiger partial charge >= 0.3 is 0 Å². The van der Waals surface area contributed by atoms with Crippen molar-refractivity contribution in [2.24, 2.45) is 0 Å². The molecule has 4 nitrogen and oxygen atoms in total. The van der Waals surface area contributed by atoms with Crippen LogP contribution in [0.4, 0.5) is 15.8 Å². The van der Waals surface area contributed by atoms with Crippen molar-refractivity contribution < 1.29 is 14.0 Å². The topological polar surface area (TPSA) is 40.6 Å². The van der Waals surface area contributed by atoms with Gasteiger partial charge in [0.2, 0.25) is 10.8 Å². The largest absolute Gasteiger partial charge is 0.303 e. The van der Waals surface area contributed by atoms with E-state index in [-0.39, 0.29) is 28.9 Å². The molecule has 0 N–H and O–H groups in total. The van der Waals surface area contributed by atoms with Gasteiger partial charge in [-0.1, -0.05) is 19.9 Å². The third-order valence-electron chi connectivity index (χ3n) is 6.68. The number of nitrogens with zero attached hydrogens (tertiary/aromatic N) is 2. The first-order chi connectivity index (χ1) is 14.2. The molecule has 2 aromatic rings. The second kappa shape index (κ2) is 6.33. The number of hydrogen-bond donors (Lipinski definition) is 0. The Morgan fingerprint density at radius 1 is 1.13 bits per heavy atom. The molecule has 3 aliphatic rings. The first-order valence-electron chi connectivity index (χ1n) is 10.4. The van der Waals surface area contributed by atoms with Crippen LogP contribution >= 0.6 is 11.8 Å². The summed E-state index contributed by atoms with van der Waals surface area (Å²) in [4.78, 5) is 29.7. The van der Waals surface area contributed by atoms with Gasteiger partial charge in [0.05, 0.1) is 11.4 Å². The maximum atomic E-state index is 14.2. The van der Waals surface area contributed by atoms with Crippen LogP contribution in [0.3, 0.4) is 0 Å². The molecule has 0 bridgehead atoms. The smallest absolute Gasteiger partial charge is 0.269 e. The molecule has 2 atom stereocenters. The molecule has 1 spiro atoms. The Kier molecular flexibility index (Phi) is 4.14. The lowest BCUT2D eigenvalue weighted by Gasteiger charge is -2.44. The normalized spacial score (nSPS) is 26.6. The standard InChI is InChI=1S/C24H25FN2O2S/c1-5-15-10-18-14(2)12-23(3,4)27-21(18)19(11-15)24(22(27)29)26(20(28)13-30-24)17-8-6-16(25)7-9-17/h6-11,14H,5,12-13H2,1-4H3/t14-,24+/m1/s1. The molecule has 0 saturated carbocycles. The number of amides is 2. The summed E-state index contributed by atoms with van der Waals surface area (Å²) in [6, 6.07) is 10.2. The number of hydrogen-bond acceptors (Lipinski definition) is 3. The Morgan fingerprint density at radius 3 is 2.50 bits per heavy atom. The molecule has 1 saturated heterocycles. The molecule has 2 amide bonds. The fraction of sp³-hybridized carbons (Fsp3) is 0.417. The SMILES string of the molecule is CCc1cc2c3c(c1)[C@]1(SCC(=O)N1c1ccc(F)cc1)C(=O)N3C(C)(C)C[C@H]2C. The Labute approximate surface area is 180 Å². The molecule has 6 heteroatoms. The molecule has 1 fully saturated rings. The van der Waals surface area contributed by atoms with Crippen LogP contribution in [0.2, 0.25) is 0 Å². The first kappa shape index (κ1) is 19.6. The molecule has 0 aromatic heterocycles. The van der Waals surface area contributed by atoms with Crippen molar-refractivity contribution >= 4 is 35.0 Å². The third-order valence-corrected chi connectivity index (χ3v) is 8.07. The van der Waals surface area contributed by atoms with Crippen molar-refractivity contribution in [3.8, 4) is 0 Å². The summed E-state index contributed by atoms with van der Waals surface area (Å²) in [6.07, 6.45) is 1.72. The van der Waals surface area contributed by atoms with Crippen LogP contribution in [0.1, 0.15) is 56.7 Å².